The van der Waals surface area contributed by atoms with E-state index in [4.69, 9.17) is 4.74 Å². The lowest BCUT2D eigenvalue weighted by Crippen LogP contribution is -2.54. The molecule has 4 heteroatoms. The largest absolute Gasteiger partial charge is 0.468 e. The first-order valence-electron chi connectivity index (χ1n) is 8.06. The summed E-state index contributed by atoms with van der Waals surface area (Å²) < 4.78 is 4.98. The number of esters is 1. The highest BCUT2D eigenvalue weighted by molar-refractivity contribution is 5.80. The van der Waals surface area contributed by atoms with E-state index in [1.807, 2.05) is 6.92 Å². The number of methoxy groups -OCH3 is 1. The van der Waals surface area contributed by atoms with Crippen LogP contribution in [-0.2, 0) is 9.53 Å². The molecule has 1 unspecified atom stereocenters. The summed E-state index contributed by atoms with van der Waals surface area (Å²) in [6.07, 6.45) is 7.43. The Morgan fingerprint density at radius 1 is 1.20 bits per heavy atom. The van der Waals surface area contributed by atoms with Gasteiger partial charge in [0.2, 0.25) is 0 Å². The third-order valence-corrected chi connectivity index (χ3v) is 4.12. The van der Waals surface area contributed by atoms with Crippen molar-refractivity contribution < 1.29 is 9.53 Å². The van der Waals surface area contributed by atoms with Gasteiger partial charge in [0.05, 0.1) is 7.11 Å². The topological polar surface area (TPSA) is 41.6 Å². The van der Waals surface area contributed by atoms with Crippen molar-refractivity contribution in [3.8, 4) is 0 Å². The van der Waals surface area contributed by atoms with Crippen LogP contribution >= 0.6 is 0 Å². The van der Waals surface area contributed by atoms with Crippen LogP contribution in [0.25, 0.3) is 0 Å². The Labute approximate surface area is 124 Å². The molecule has 0 aromatic carbocycles. The molecule has 1 heterocycles. The fourth-order valence-corrected chi connectivity index (χ4v) is 3.01. The average molecular weight is 284 g/mol. The summed E-state index contributed by atoms with van der Waals surface area (Å²) in [6, 6.07) is 0.270. The minimum absolute atomic E-state index is 0.154. The van der Waals surface area contributed by atoms with E-state index in [1.165, 1.54) is 52.3 Å². The van der Waals surface area contributed by atoms with Crippen molar-refractivity contribution >= 4 is 5.97 Å². The van der Waals surface area contributed by atoms with E-state index in [2.05, 4.69) is 24.1 Å². The number of carbonyl (C=O) groups excluding carboxylic acids is 1. The molecule has 0 aromatic rings. The van der Waals surface area contributed by atoms with E-state index in [9.17, 15) is 4.79 Å². The maximum Gasteiger partial charge on any atom is 0.325 e. The third kappa shape index (κ3) is 5.80. The quantitative estimate of drug-likeness (QED) is 0.761. The van der Waals surface area contributed by atoms with Crippen LogP contribution in [0.1, 0.15) is 59.3 Å². The van der Waals surface area contributed by atoms with E-state index < -0.39 is 5.54 Å². The zero-order valence-corrected chi connectivity index (χ0v) is 13.7. The van der Waals surface area contributed by atoms with Gasteiger partial charge in [-0.25, -0.2) is 0 Å². The molecule has 0 amide bonds. The smallest absolute Gasteiger partial charge is 0.325 e. The van der Waals surface area contributed by atoms with E-state index in [0.717, 1.165) is 13.0 Å². The normalized spacial score (nSPS) is 21.1. The van der Waals surface area contributed by atoms with Crippen molar-refractivity contribution in [2.45, 2.75) is 70.9 Å². The molecule has 1 aliphatic rings. The van der Waals surface area contributed by atoms with Crippen LogP contribution in [0.15, 0.2) is 0 Å². The van der Waals surface area contributed by atoms with Crippen LogP contribution in [0.3, 0.4) is 0 Å². The van der Waals surface area contributed by atoms with Crippen molar-refractivity contribution in [3.63, 3.8) is 0 Å². The Hall–Kier alpha value is -0.610. The van der Waals surface area contributed by atoms with Crippen LogP contribution < -0.4 is 5.32 Å². The summed E-state index contributed by atoms with van der Waals surface area (Å²) in [5.74, 6) is -0.154. The van der Waals surface area contributed by atoms with Crippen LogP contribution in [0.4, 0.5) is 0 Å². The monoisotopic (exact) mass is 284 g/mol. The number of ether oxygens (including phenoxy) is 1. The number of carbonyl (C=O) groups is 1. The predicted molar refractivity (Wildman–Crippen MR) is 82.8 cm³/mol. The molecule has 0 bridgehead atoms. The number of rotatable bonds is 6. The molecule has 0 radical (unpaired) electrons. The van der Waals surface area contributed by atoms with Gasteiger partial charge in [-0.1, -0.05) is 19.3 Å². The molecule has 1 aliphatic heterocycles. The summed E-state index contributed by atoms with van der Waals surface area (Å²) in [7, 11) is 1.47. The lowest BCUT2D eigenvalue weighted by molar-refractivity contribution is -0.148. The molecule has 0 aliphatic carbocycles. The van der Waals surface area contributed by atoms with Gasteiger partial charge < -0.3 is 9.64 Å². The minimum atomic E-state index is -0.578. The van der Waals surface area contributed by atoms with Gasteiger partial charge in [-0.05, 0) is 53.1 Å². The third-order valence-electron chi connectivity index (χ3n) is 4.12. The van der Waals surface area contributed by atoms with Crippen molar-refractivity contribution in [3.05, 3.63) is 0 Å². The number of hydrogen-bond donors (Lipinski definition) is 1. The SMILES string of the molecule is COC(=O)C(C)(CCN1CCCCCCC1)NC(C)C. The van der Waals surface area contributed by atoms with Gasteiger partial charge in [-0.2, -0.15) is 0 Å². The Morgan fingerprint density at radius 3 is 2.25 bits per heavy atom. The van der Waals surface area contributed by atoms with E-state index in [1.54, 1.807) is 0 Å². The van der Waals surface area contributed by atoms with E-state index >= 15 is 0 Å². The molecular formula is C16H32N2O2. The van der Waals surface area contributed by atoms with Crippen molar-refractivity contribution in [2.75, 3.05) is 26.7 Å². The van der Waals surface area contributed by atoms with Gasteiger partial charge in [-0.3, -0.25) is 10.1 Å². The highest BCUT2D eigenvalue weighted by Crippen LogP contribution is 2.16. The summed E-state index contributed by atoms with van der Waals surface area (Å²) >= 11 is 0. The number of nitrogens with zero attached hydrogens (tertiary/aromatic N) is 1. The molecule has 0 saturated carbocycles. The first-order valence-corrected chi connectivity index (χ1v) is 8.06. The van der Waals surface area contributed by atoms with Gasteiger partial charge in [0.1, 0.15) is 5.54 Å². The molecule has 1 atom stereocenters. The zero-order chi connectivity index (χ0) is 15.0. The molecule has 1 N–H and O–H groups in total. The summed E-state index contributed by atoms with van der Waals surface area (Å²) in [5, 5.41) is 3.37. The standard InChI is InChI=1S/C16H32N2O2/c1-14(2)17-16(3,15(19)20-4)10-13-18-11-8-6-5-7-9-12-18/h14,17H,5-13H2,1-4H3. The second kappa shape index (κ2) is 8.63. The lowest BCUT2D eigenvalue weighted by Gasteiger charge is -2.33. The van der Waals surface area contributed by atoms with Crippen LogP contribution in [-0.4, -0.2) is 49.2 Å². The zero-order valence-electron chi connectivity index (χ0n) is 13.7. The lowest BCUT2D eigenvalue weighted by atomic mass is 9.96. The molecule has 1 rings (SSSR count). The van der Waals surface area contributed by atoms with E-state index in [-0.39, 0.29) is 12.0 Å². The van der Waals surface area contributed by atoms with Crippen LogP contribution in [0.5, 0.6) is 0 Å². The average Bonchev–Trinajstić information content (AvgIpc) is 2.35. The predicted octanol–water partition coefficient (Wildman–Crippen LogP) is 2.57. The highest BCUT2D eigenvalue weighted by atomic mass is 16.5. The maximum absolute atomic E-state index is 12.1. The molecule has 1 fully saturated rings. The second-order valence-corrected chi connectivity index (χ2v) is 6.48. The van der Waals surface area contributed by atoms with Gasteiger partial charge in [-0.15, -0.1) is 0 Å². The first kappa shape index (κ1) is 17.4. The number of nitrogens with one attached hydrogen (secondary N) is 1. The van der Waals surface area contributed by atoms with Gasteiger partial charge in [0.25, 0.3) is 0 Å². The van der Waals surface area contributed by atoms with Gasteiger partial charge in [0, 0.05) is 12.6 Å². The maximum atomic E-state index is 12.1. The van der Waals surface area contributed by atoms with Crippen molar-refractivity contribution in [1.29, 1.82) is 0 Å². The molecule has 20 heavy (non-hydrogen) atoms. The molecular weight excluding hydrogens is 252 g/mol. The fraction of sp³-hybridized carbons (Fsp3) is 0.938. The Kier molecular flexibility index (Phi) is 7.52. The second-order valence-electron chi connectivity index (χ2n) is 6.48. The number of likely N-dealkylation sites (tertiary alicyclic amines) is 1. The molecule has 1 saturated heterocycles. The van der Waals surface area contributed by atoms with Gasteiger partial charge >= 0.3 is 5.97 Å². The fourth-order valence-electron chi connectivity index (χ4n) is 3.01. The highest BCUT2D eigenvalue weighted by Gasteiger charge is 2.34. The number of hydrogen-bond acceptors (Lipinski definition) is 4. The summed E-state index contributed by atoms with van der Waals surface area (Å²) in [6.45, 7) is 9.39. The van der Waals surface area contributed by atoms with Crippen LogP contribution in [0.2, 0.25) is 0 Å². The first-order chi connectivity index (χ1) is 9.48. The Balaban J connectivity index is 2.53. The summed E-state index contributed by atoms with van der Waals surface area (Å²) in [4.78, 5) is 14.6. The van der Waals surface area contributed by atoms with Crippen LogP contribution in [0, 0.1) is 0 Å². The minimum Gasteiger partial charge on any atom is -0.468 e. The Bertz CT molecular complexity index is 286. The summed E-state index contributed by atoms with van der Waals surface area (Å²) in [5.41, 5.74) is -0.578. The molecule has 0 spiro atoms. The Morgan fingerprint density at radius 2 is 1.75 bits per heavy atom. The van der Waals surface area contributed by atoms with Crippen molar-refractivity contribution in [1.82, 2.24) is 10.2 Å². The van der Waals surface area contributed by atoms with E-state index in [0.29, 0.717) is 0 Å². The molecule has 4 nitrogen and oxygen atoms in total. The van der Waals surface area contributed by atoms with Gasteiger partial charge in [0.15, 0.2) is 0 Å². The molecule has 0 aromatic heterocycles. The molecule has 118 valence electrons. The van der Waals surface area contributed by atoms with Crippen molar-refractivity contribution in [2.24, 2.45) is 0 Å².